The molecular weight excluding hydrogens is 296 g/mol. The zero-order valence-corrected chi connectivity index (χ0v) is 13.7. The summed E-state index contributed by atoms with van der Waals surface area (Å²) in [5, 5.41) is 17.2. The molecule has 0 radical (unpaired) electrons. The maximum absolute atomic E-state index is 4.31. The van der Waals surface area contributed by atoms with Crippen LogP contribution >= 0.6 is 0 Å². The Morgan fingerprint density at radius 3 is 1.83 bits per heavy atom. The zero-order chi connectivity index (χ0) is 16.8. The summed E-state index contributed by atoms with van der Waals surface area (Å²) < 4.78 is 0. The fourth-order valence-corrected chi connectivity index (χ4v) is 2.21. The van der Waals surface area contributed by atoms with Gasteiger partial charge in [0, 0.05) is 0 Å². The van der Waals surface area contributed by atoms with E-state index in [0.717, 1.165) is 33.9 Å². The summed E-state index contributed by atoms with van der Waals surface area (Å²) in [5.74, 6) is 0. The van der Waals surface area contributed by atoms with Gasteiger partial charge in [0.05, 0.1) is 22.7 Å². The highest BCUT2D eigenvalue weighted by atomic mass is 15.1. The van der Waals surface area contributed by atoms with Crippen molar-refractivity contribution in [1.82, 2.24) is 0 Å². The highest BCUT2D eigenvalue weighted by Crippen LogP contribution is 2.27. The molecule has 3 rings (SSSR count). The molecule has 0 amide bonds. The molecule has 0 atom stereocenters. The van der Waals surface area contributed by atoms with Crippen molar-refractivity contribution in [2.24, 2.45) is 20.5 Å². The number of rotatable bonds is 4. The third-order valence-electron chi connectivity index (χ3n) is 3.60. The summed E-state index contributed by atoms with van der Waals surface area (Å²) in [7, 11) is 0. The van der Waals surface area contributed by atoms with Crippen molar-refractivity contribution in [2.75, 3.05) is 0 Å². The van der Waals surface area contributed by atoms with E-state index in [-0.39, 0.29) is 0 Å². The Hall–Kier alpha value is -3.14. The Morgan fingerprint density at radius 2 is 1.12 bits per heavy atom. The molecule has 0 fully saturated rings. The largest absolute Gasteiger partial charge is 0.151 e. The number of azo groups is 2. The van der Waals surface area contributed by atoms with E-state index in [4.69, 9.17) is 0 Å². The van der Waals surface area contributed by atoms with Gasteiger partial charge in [0.1, 0.15) is 0 Å². The van der Waals surface area contributed by atoms with Crippen LogP contribution in [0, 0.1) is 13.8 Å². The number of nitrogens with zero attached hydrogens (tertiary/aromatic N) is 4. The normalized spacial score (nSPS) is 11.4. The number of hydrogen-bond donors (Lipinski definition) is 0. The van der Waals surface area contributed by atoms with Crippen LogP contribution in [0.2, 0.25) is 0 Å². The van der Waals surface area contributed by atoms with Gasteiger partial charge in [-0.25, -0.2) is 0 Å². The number of hydrogen-bond acceptors (Lipinski definition) is 4. The first-order chi connectivity index (χ1) is 11.7. The predicted molar refractivity (Wildman–Crippen MR) is 97.2 cm³/mol. The van der Waals surface area contributed by atoms with Gasteiger partial charge in [-0.2, -0.15) is 20.5 Å². The Morgan fingerprint density at radius 1 is 0.500 bits per heavy atom. The van der Waals surface area contributed by atoms with Crippen molar-refractivity contribution in [1.29, 1.82) is 0 Å². The molecule has 4 heteroatoms. The second-order valence-electron chi connectivity index (χ2n) is 5.49. The van der Waals surface area contributed by atoms with Crippen molar-refractivity contribution >= 4 is 22.7 Å². The fourth-order valence-electron chi connectivity index (χ4n) is 2.21. The first-order valence-corrected chi connectivity index (χ1v) is 7.77. The van der Waals surface area contributed by atoms with Crippen LogP contribution < -0.4 is 0 Å². The van der Waals surface area contributed by atoms with E-state index in [1.165, 1.54) is 0 Å². The zero-order valence-electron chi connectivity index (χ0n) is 13.7. The molecule has 0 aromatic heterocycles. The molecule has 0 heterocycles. The SMILES string of the molecule is Cc1ccccc1N=Nc1ccc(N=Nc2ccccc2)c(C)c1. The second kappa shape index (κ2) is 7.42. The van der Waals surface area contributed by atoms with Gasteiger partial charge < -0.3 is 0 Å². The van der Waals surface area contributed by atoms with Crippen molar-refractivity contribution in [3.8, 4) is 0 Å². The molecule has 4 nitrogen and oxygen atoms in total. The molecular formula is C20H18N4. The van der Waals surface area contributed by atoms with Crippen LogP contribution in [0.25, 0.3) is 0 Å². The van der Waals surface area contributed by atoms with E-state index in [2.05, 4.69) is 20.5 Å². The van der Waals surface area contributed by atoms with Gasteiger partial charge in [-0.05, 0) is 61.4 Å². The molecule has 0 unspecified atom stereocenters. The quantitative estimate of drug-likeness (QED) is 0.460. The minimum atomic E-state index is 0.800. The summed E-state index contributed by atoms with van der Waals surface area (Å²) in [6.07, 6.45) is 0. The van der Waals surface area contributed by atoms with Gasteiger partial charge in [-0.15, -0.1) is 0 Å². The van der Waals surface area contributed by atoms with Crippen molar-refractivity contribution in [2.45, 2.75) is 13.8 Å². The van der Waals surface area contributed by atoms with Crippen molar-refractivity contribution in [3.05, 3.63) is 83.9 Å². The van der Waals surface area contributed by atoms with Gasteiger partial charge in [0.25, 0.3) is 0 Å². The molecule has 0 saturated carbocycles. The lowest BCUT2D eigenvalue weighted by atomic mass is 10.2. The minimum absolute atomic E-state index is 0.800. The molecule has 0 N–H and O–H groups in total. The van der Waals surface area contributed by atoms with Crippen LogP contribution in [0.3, 0.4) is 0 Å². The summed E-state index contributed by atoms with van der Waals surface area (Å²) in [6, 6.07) is 23.4. The molecule has 118 valence electrons. The van der Waals surface area contributed by atoms with E-state index in [0.29, 0.717) is 0 Å². The first-order valence-electron chi connectivity index (χ1n) is 7.77. The first kappa shape index (κ1) is 15.7. The van der Waals surface area contributed by atoms with Gasteiger partial charge in [0.15, 0.2) is 0 Å². The lowest BCUT2D eigenvalue weighted by Gasteiger charge is -2.01. The smallest absolute Gasteiger partial charge is 0.0887 e. The van der Waals surface area contributed by atoms with Crippen LogP contribution in [0.5, 0.6) is 0 Å². The van der Waals surface area contributed by atoms with Crippen LogP contribution in [0.4, 0.5) is 22.7 Å². The molecule has 0 aliphatic heterocycles. The summed E-state index contributed by atoms with van der Waals surface area (Å²) in [6.45, 7) is 4.01. The molecule has 24 heavy (non-hydrogen) atoms. The molecule has 0 spiro atoms. The average molecular weight is 314 g/mol. The molecule has 0 saturated heterocycles. The fraction of sp³-hybridized carbons (Fsp3) is 0.100. The average Bonchev–Trinajstić information content (AvgIpc) is 2.61. The molecule has 3 aromatic carbocycles. The van der Waals surface area contributed by atoms with Crippen LogP contribution in [0.1, 0.15) is 11.1 Å². The number of benzene rings is 3. The Bertz CT molecular complexity index is 883. The highest BCUT2D eigenvalue weighted by Gasteiger charge is 2.00. The number of aryl methyl sites for hydroxylation is 2. The van der Waals surface area contributed by atoms with Gasteiger partial charge in [-0.3, -0.25) is 0 Å². The van der Waals surface area contributed by atoms with Gasteiger partial charge in [0.2, 0.25) is 0 Å². The van der Waals surface area contributed by atoms with Crippen LogP contribution in [0.15, 0.2) is 93.3 Å². The second-order valence-corrected chi connectivity index (χ2v) is 5.49. The Labute approximate surface area is 141 Å². The Balaban J connectivity index is 1.78. The van der Waals surface area contributed by atoms with Gasteiger partial charge in [-0.1, -0.05) is 36.4 Å². The third-order valence-corrected chi connectivity index (χ3v) is 3.60. The van der Waals surface area contributed by atoms with E-state index in [1.807, 2.05) is 86.6 Å². The van der Waals surface area contributed by atoms with Crippen LogP contribution in [-0.2, 0) is 0 Å². The van der Waals surface area contributed by atoms with E-state index in [9.17, 15) is 0 Å². The molecule has 0 aliphatic rings. The van der Waals surface area contributed by atoms with Crippen LogP contribution in [-0.4, -0.2) is 0 Å². The van der Waals surface area contributed by atoms with E-state index < -0.39 is 0 Å². The summed E-state index contributed by atoms with van der Waals surface area (Å²) >= 11 is 0. The molecule has 3 aromatic rings. The van der Waals surface area contributed by atoms with Crippen molar-refractivity contribution in [3.63, 3.8) is 0 Å². The van der Waals surface area contributed by atoms with Crippen molar-refractivity contribution < 1.29 is 0 Å². The molecule has 0 aliphatic carbocycles. The van der Waals surface area contributed by atoms with E-state index in [1.54, 1.807) is 0 Å². The maximum Gasteiger partial charge on any atom is 0.0887 e. The molecule has 0 bridgehead atoms. The maximum atomic E-state index is 4.31. The summed E-state index contributed by atoms with van der Waals surface area (Å²) in [4.78, 5) is 0. The lowest BCUT2D eigenvalue weighted by molar-refractivity contribution is 1.18. The third kappa shape index (κ3) is 3.98. The predicted octanol–water partition coefficient (Wildman–Crippen LogP) is 7.13. The topological polar surface area (TPSA) is 49.4 Å². The van der Waals surface area contributed by atoms with E-state index >= 15 is 0 Å². The Kier molecular flexibility index (Phi) is 4.87. The standard InChI is InChI=1S/C20H18N4/c1-15-8-6-7-11-19(15)23-22-18-12-13-20(16(2)14-18)24-21-17-9-4-3-5-10-17/h3-14H,1-2H3. The monoisotopic (exact) mass is 314 g/mol. The minimum Gasteiger partial charge on any atom is -0.151 e. The summed E-state index contributed by atoms with van der Waals surface area (Å²) in [5.41, 5.74) is 5.45. The lowest BCUT2D eigenvalue weighted by Crippen LogP contribution is -1.74. The highest BCUT2D eigenvalue weighted by molar-refractivity contribution is 5.54. The van der Waals surface area contributed by atoms with Gasteiger partial charge >= 0.3 is 0 Å².